The van der Waals surface area contributed by atoms with Gasteiger partial charge in [-0.2, -0.15) is 0 Å². The van der Waals surface area contributed by atoms with Crippen LogP contribution in [0.25, 0.3) is 22.1 Å². The number of carboxylic acid groups (broad SMARTS) is 1. The highest BCUT2D eigenvalue weighted by Crippen LogP contribution is 2.33. The van der Waals surface area contributed by atoms with Crippen molar-refractivity contribution in [2.24, 2.45) is 0 Å². The normalized spacial score (nSPS) is 10.9. The third kappa shape index (κ3) is 2.52. The smallest absolute Gasteiger partial charge is 0.351 e. The Kier molecular flexibility index (Phi) is 3.74. The molecule has 0 aliphatic carbocycles. The van der Waals surface area contributed by atoms with Gasteiger partial charge in [0.15, 0.2) is 5.56 Å². The Bertz CT molecular complexity index is 967. The molecule has 0 atom stereocenters. The molecule has 3 aromatic rings. The van der Waals surface area contributed by atoms with Crippen molar-refractivity contribution in [3.05, 3.63) is 69.6 Å². The van der Waals surface area contributed by atoms with E-state index < -0.39 is 11.6 Å². The van der Waals surface area contributed by atoms with Crippen molar-refractivity contribution in [3.63, 3.8) is 0 Å². The molecule has 0 spiro atoms. The number of carboxylic acids is 1. The summed E-state index contributed by atoms with van der Waals surface area (Å²) in [6, 6.07) is 12.9. The van der Waals surface area contributed by atoms with Crippen LogP contribution in [0, 0.1) is 6.92 Å². The first-order valence-corrected chi connectivity index (χ1v) is 7.42. The summed E-state index contributed by atoms with van der Waals surface area (Å²) in [5, 5.41) is 10.2. The number of carbonyl (C=O) groups is 1. The zero-order chi connectivity index (χ0) is 16.6. The first kappa shape index (κ1) is 15.0. The van der Waals surface area contributed by atoms with Gasteiger partial charge in [0.05, 0.1) is 0 Å². The van der Waals surface area contributed by atoms with Gasteiger partial charge in [-0.05, 0) is 42.2 Å². The SMILES string of the molecule is CCc1ccc2oc(=O)c(C(=O)O)c(-c3ccccc3C)c2c1. The van der Waals surface area contributed by atoms with Gasteiger partial charge in [-0.15, -0.1) is 0 Å². The van der Waals surface area contributed by atoms with Crippen LogP contribution >= 0.6 is 0 Å². The number of hydrogen-bond donors (Lipinski definition) is 1. The Morgan fingerprint density at radius 3 is 2.57 bits per heavy atom. The van der Waals surface area contributed by atoms with Crippen LogP contribution in [0.2, 0.25) is 0 Å². The summed E-state index contributed by atoms with van der Waals surface area (Å²) in [7, 11) is 0. The van der Waals surface area contributed by atoms with Crippen molar-refractivity contribution >= 4 is 16.9 Å². The van der Waals surface area contributed by atoms with Gasteiger partial charge in [-0.25, -0.2) is 9.59 Å². The molecule has 4 nitrogen and oxygen atoms in total. The minimum atomic E-state index is -1.28. The Morgan fingerprint density at radius 2 is 1.91 bits per heavy atom. The Balaban J connectivity index is 2.54. The molecule has 0 saturated heterocycles. The molecule has 0 amide bonds. The van der Waals surface area contributed by atoms with Gasteiger partial charge >= 0.3 is 11.6 Å². The number of rotatable bonds is 3. The second-order valence-electron chi connectivity index (χ2n) is 5.44. The van der Waals surface area contributed by atoms with Crippen LogP contribution in [0.1, 0.15) is 28.4 Å². The van der Waals surface area contributed by atoms with E-state index >= 15 is 0 Å². The molecular weight excluding hydrogens is 292 g/mol. The van der Waals surface area contributed by atoms with Gasteiger partial charge in [0.25, 0.3) is 0 Å². The fourth-order valence-corrected chi connectivity index (χ4v) is 2.80. The fourth-order valence-electron chi connectivity index (χ4n) is 2.80. The highest BCUT2D eigenvalue weighted by molar-refractivity contribution is 6.06. The number of benzene rings is 2. The predicted molar refractivity (Wildman–Crippen MR) is 89.0 cm³/mol. The van der Waals surface area contributed by atoms with E-state index in [0.717, 1.165) is 23.1 Å². The predicted octanol–water partition coefficient (Wildman–Crippen LogP) is 4.03. The summed E-state index contributed by atoms with van der Waals surface area (Å²) in [6.07, 6.45) is 0.810. The number of aryl methyl sites for hydroxylation is 2. The van der Waals surface area contributed by atoms with Crippen molar-refractivity contribution in [2.45, 2.75) is 20.3 Å². The monoisotopic (exact) mass is 308 g/mol. The third-order valence-corrected chi connectivity index (χ3v) is 4.01. The molecule has 0 unspecified atom stereocenters. The summed E-state index contributed by atoms with van der Waals surface area (Å²) >= 11 is 0. The van der Waals surface area contributed by atoms with E-state index in [0.29, 0.717) is 16.5 Å². The molecule has 0 fully saturated rings. The maximum atomic E-state index is 12.2. The van der Waals surface area contributed by atoms with Crippen LogP contribution in [0.4, 0.5) is 0 Å². The minimum absolute atomic E-state index is 0.319. The zero-order valence-electron chi connectivity index (χ0n) is 12.9. The largest absolute Gasteiger partial charge is 0.477 e. The van der Waals surface area contributed by atoms with E-state index in [1.807, 2.05) is 50.2 Å². The molecule has 116 valence electrons. The summed E-state index contributed by atoms with van der Waals surface area (Å²) in [5.41, 5.74) is 2.37. The summed E-state index contributed by atoms with van der Waals surface area (Å²) < 4.78 is 5.22. The van der Waals surface area contributed by atoms with E-state index in [1.54, 1.807) is 6.07 Å². The Labute approximate surface area is 133 Å². The molecule has 1 N–H and O–H groups in total. The number of hydrogen-bond acceptors (Lipinski definition) is 3. The maximum Gasteiger partial charge on any atom is 0.351 e. The topological polar surface area (TPSA) is 67.5 Å². The van der Waals surface area contributed by atoms with E-state index in [-0.39, 0.29) is 5.56 Å². The van der Waals surface area contributed by atoms with Crippen molar-refractivity contribution in [1.82, 2.24) is 0 Å². The van der Waals surface area contributed by atoms with E-state index in [4.69, 9.17) is 4.42 Å². The van der Waals surface area contributed by atoms with Crippen molar-refractivity contribution in [2.75, 3.05) is 0 Å². The molecule has 3 rings (SSSR count). The highest BCUT2D eigenvalue weighted by Gasteiger charge is 2.22. The molecular formula is C19H16O4. The molecule has 1 aromatic heterocycles. The molecule has 0 bridgehead atoms. The first-order valence-electron chi connectivity index (χ1n) is 7.42. The van der Waals surface area contributed by atoms with Gasteiger partial charge in [-0.3, -0.25) is 0 Å². The van der Waals surface area contributed by atoms with E-state index in [1.165, 1.54) is 0 Å². The summed E-state index contributed by atoms with van der Waals surface area (Å²) in [4.78, 5) is 23.9. The molecule has 2 aromatic carbocycles. The lowest BCUT2D eigenvalue weighted by atomic mass is 9.93. The van der Waals surface area contributed by atoms with Crippen LogP contribution in [-0.4, -0.2) is 11.1 Å². The Hall–Kier alpha value is -2.88. The van der Waals surface area contributed by atoms with Gasteiger partial charge in [0.1, 0.15) is 5.58 Å². The number of fused-ring (bicyclic) bond motifs is 1. The van der Waals surface area contributed by atoms with Crippen molar-refractivity contribution in [3.8, 4) is 11.1 Å². The first-order chi connectivity index (χ1) is 11.0. The lowest BCUT2D eigenvalue weighted by molar-refractivity contribution is 0.0693. The molecule has 0 radical (unpaired) electrons. The lowest BCUT2D eigenvalue weighted by Gasteiger charge is -2.12. The third-order valence-electron chi connectivity index (χ3n) is 4.01. The van der Waals surface area contributed by atoms with E-state index in [2.05, 4.69) is 0 Å². The van der Waals surface area contributed by atoms with Gasteiger partial charge in [0, 0.05) is 10.9 Å². The molecule has 23 heavy (non-hydrogen) atoms. The van der Waals surface area contributed by atoms with Crippen molar-refractivity contribution < 1.29 is 14.3 Å². The van der Waals surface area contributed by atoms with Crippen LogP contribution in [-0.2, 0) is 6.42 Å². The highest BCUT2D eigenvalue weighted by atomic mass is 16.4. The van der Waals surface area contributed by atoms with Crippen molar-refractivity contribution in [1.29, 1.82) is 0 Å². The summed E-state index contributed by atoms with van der Waals surface area (Å²) in [6.45, 7) is 3.91. The van der Waals surface area contributed by atoms with Crippen LogP contribution in [0.15, 0.2) is 51.7 Å². The van der Waals surface area contributed by atoms with Gasteiger partial charge in [0.2, 0.25) is 0 Å². The standard InChI is InChI=1S/C19H16O4/c1-3-12-8-9-15-14(10-12)16(13-7-5-4-6-11(13)2)17(18(20)21)19(22)23-15/h4-10H,3H2,1-2H3,(H,20,21). The quantitative estimate of drug-likeness (QED) is 0.742. The maximum absolute atomic E-state index is 12.2. The molecule has 4 heteroatoms. The van der Waals surface area contributed by atoms with Gasteiger partial charge < -0.3 is 9.52 Å². The number of aromatic carboxylic acids is 1. The summed E-state index contributed by atoms with van der Waals surface area (Å²) in [5.74, 6) is -1.28. The second-order valence-corrected chi connectivity index (χ2v) is 5.44. The van der Waals surface area contributed by atoms with E-state index in [9.17, 15) is 14.7 Å². The molecule has 0 saturated carbocycles. The van der Waals surface area contributed by atoms with Crippen LogP contribution < -0.4 is 5.63 Å². The second kappa shape index (κ2) is 5.72. The van der Waals surface area contributed by atoms with Crippen LogP contribution in [0.3, 0.4) is 0 Å². The minimum Gasteiger partial charge on any atom is -0.477 e. The van der Waals surface area contributed by atoms with Crippen LogP contribution in [0.5, 0.6) is 0 Å². The average molecular weight is 308 g/mol. The van der Waals surface area contributed by atoms with Gasteiger partial charge in [-0.1, -0.05) is 37.3 Å². The lowest BCUT2D eigenvalue weighted by Crippen LogP contribution is -2.16. The fraction of sp³-hybridized carbons (Fsp3) is 0.158. The average Bonchev–Trinajstić information content (AvgIpc) is 2.53. The molecule has 1 heterocycles. The zero-order valence-corrected chi connectivity index (χ0v) is 12.9. The Morgan fingerprint density at radius 1 is 1.17 bits per heavy atom. The molecule has 0 aliphatic rings. The molecule has 0 aliphatic heterocycles.